The molecule has 0 saturated carbocycles. The Morgan fingerprint density at radius 3 is 2.28 bits per heavy atom. The highest BCUT2D eigenvalue weighted by Crippen LogP contribution is 2.40. The first-order valence-corrected chi connectivity index (χ1v) is 13.7. The van der Waals surface area contributed by atoms with Crippen LogP contribution in [-0.4, -0.2) is 62.7 Å². The number of anilines is 1. The molecule has 1 aliphatic rings. The number of aromatic nitrogens is 2. The maximum Gasteiger partial charge on any atom is 0.410 e. The minimum Gasteiger partial charge on any atom is -0.444 e. The highest BCUT2D eigenvalue weighted by atomic mass is 32.1. The van der Waals surface area contributed by atoms with E-state index in [0.717, 1.165) is 27.4 Å². The zero-order chi connectivity index (χ0) is 28.5. The summed E-state index contributed by atoms with van der Waals surface area (Å²) in [5, 5.41) is 12.8. The van der Waals surface area contributed by atoms with Crippen LogP contribution in [0, 0.1) is 25.2 Å². The van der Waals surface area contributed by atoms with Gasteiger partial charge >= 0.3 is 12.1 Å². The number of ether oxygens (including phenoxy) is 1. The van der Waals surface area contributed by atoms with Crippen LogP contribution >= 0.6 is 11.3 Å². The van der Waals surface area contributed by atoms with Crippen LogP contribution in [0.1, 0.15) is 51.6 Å². The predicted octanol–water partition coefficient (Wildman–Crippen LogP) is 6.22. The molecule has 3 heterocycles. The van der Waals surface area contributed by atoms with Crippen LogP contribution in [-0.2, 0) is 4.74 Å². The monoisotopic (exact) mass is 546 g/mol. The summed E-state index contributed by atoms with van der Waals surface area (Å²) in [6.45, 7) is 14.0. The van der Waals surface area contributed by atoms with Crippen molar-refractivity contribution in [3.05, 3.63) is 53.3 Å². The molecule has 10 heteroatoms. The zero-order valence-electron chi connectivity index (χ0n) is 23.4. The molecule has 1 fully saturated rings. The van der Waals surface area contributed by atoms with E-state index in [1.165, 1.54) is 11.3 Å². The number of thiazole rings is 1. The SMILES string of the molecule is Cc1cc(-c2sc(NC(=O)N3C[C@@H](C)N(C(=O)OC(C)(C)C)[C@@H](C)C3)nc2-c2cccc(C#N)c2)cc(C)n1. The third kappa shape index (κ3) is 6.55. The number of pyridine rings is 1. The molecule has 1 aliphatic heterocycles. The summed E-state index contributed by atoms with van der Waals surface area (Å²) in [5.74, 6) is 0. The van der Waals surface area contributed by atoms with Crippen molar-refractivity contribution in [1.29, 1.82) is 5.26 Å². The molecule has 1 saturated heterocycles. The molecular formula is C29H34N6O3S. The number of rotatable bonds is 3. The summed E-state index contributed by atoms with van der Waals surface area (Å²) in [4.78, 5) is 39.7. The Morgan fingerprint density at radius 2 is 1.69 bits per heavy atom. The number of nitrogens with zero attached hydrogens (tertiary/aromatic N) is 5. The summed E-state index contributed by atoms with van der Waals surface area (Å²) < 4.78 is 5.58. The Morgan fingerprint density at radius 1 is 1.05 bits per heavy atom. The molecule has 9 nitrogen and oxygen atoms in total. The third-order valence-corrected chi connectivity index (χ3v) is 7.28. The van der Waals surface area contributed by atoms with E-state index in [9.17, 15) is 14.9 Å². The van der Waals surface area contributed by atoms with Gasteiger partial charge < -0.3 is 9.64 Å². The van der Waals surface area contributed by atoms with Crippen molar-refractivity contribution in [2.45, 2.75) is 66.2 Å². The van der Waals surface area contributed by atoms with Crippen LogP contribution in [0.5, 0.6) is 0 Å². The molecule has 3 aromatic rings. The van der Waals surface area contributed by atoms with E-state index >= 15 is 0 Å². The van der Waals surface area contributed by atoms with E-state index in [-0.39, 0.29) is 24.2 Å². The van der Waals surface area contributed by atoms with Gasteiger partial charge in [0.1, 0.15) is 5.60 Å². The molecule has 3 amide bonds. The fourth-order valence-corrected chi connectivity index (χ4v) is 5.76. The molecule has 0 unspecified atom stereocenters. The van der Waals surface area contributed by atoms with Gasteiger partial charge in [-0.2, -0.15) is 5.26 Å². The average Bonchev–Trinajstić information content (AvgIpc) is 3.25. The maximum absolute atomic E-state index is 13.4. The van der Waals surface area contributed by atoms with Crippen molar-refractivity contribution in [2.75, 3.05) is 18.4 Å². The van der Waals surface area contributed by atoms with E-state index in [1.807, 2.05) is 72.7 Å². The zero-order valence-corrected chi connectivity index (χ0v) is 24.2. The van der Waals surface area contributed by atoms with Crippen LogP contribution in [0.3, 0.4) is 0 Å². The van der Waals surface area contributed by atoms with Crippen LogP contribution < -0.4 is 5.32 Å². The first kappa shape index (κ1) is 28.0. The summed E-state index contributed by atoms with van der Waals surface area (Å²) >= 11 is 1.38. The number of carbonyl (C=O) groups excluding carboxylic acids is 2. The molecule has 0 spiro atoms. The highest BCUT2D eigenvalue weighted by Gasteiger charge is 2.37. The second-order valence-corrected chi connectivity index (χ2v) is 11.9. The van der Waals surface area contributed by atoms with Crippen molar-refractivity contribution < 1.29 is 14.3 Å². The number of piperazine rings is 1. The van der Waals surface area contributed by atoms with E-state index in [2.05, 4.69) is 16.4 Å². The van der Waals surface area contributed by atoms with Crippen molar-refractivity contribution >= 4 is 28.6 Å². The maximum atomic E-state index is 13.4. The number of hydrogen-bond donors (Lipinski definition) is 1. The summed E-state index contributed by atoms with van der Waals surface area (Å²) in [6, 6.07) is 12.7. The first-order valence-electron chi connectivity index (χ1n) is 12.9. The Hall–Kier alpha value is -3.97. The fraction of sp³-hybridized carbons (Fsp3) is 0.414. The van der Waals surface area contributed by atoms with Crippen molar-refractivity contribution in [3.8, 4) is 27.8 Å². The van der Waals surface area contributed by atoms with Gasteiger partial charge in [0, 0.05) is 30.0 Å². The minimum atomic E-state index is -0.593. The number of nitrogens with one attached hydrogen (secondary N) is 1. The molecule has 204 valence electrons. The normalized spacial score (nSPS) is 17.5. The standard InChI is InChI=1S/C29H34N6O3S/c1-17-11-23(12-18(2)31-17)25-24(22-10-8-9-21(13-22)14-30)32-26(39-25)33-27(36)34-15-19(3)35(20(4)16-34)28(37)38-29(5,6)7/h8-13,19-20H,15-16H2,1-7H3,(H,32,33,36)/t19-,20+. The predicted molar refractivity (Wildman–Crippen MR) is 153 cm³/mol. The lowest BCUT2D eigenvalue weighted by Gasteiger charge is -2.44. The van der Waals surface area contributed by atoms with Crippen LogP contribution in [0.4, 0.5) is 14.7 Å². The van der Waals surface area contributed by atoms with E-state index in [0.29, 0.717) is 29.5 Å². The Bertz CT molecular complexity index is 1410. The lowest BCUT2D eigenvalue weighted by Crippen LogP contribution is -2.61. The number of aryl methyl sites for hydroxylation is 2. The van der Waals surface area contributed by atoms with Gasteiger partial charge in [-0.15, -0.1) is 0 Å². The lowest BCUT2D eigenvalue weighted by atomic mass is 10.0. The van der Waals surface area contributed by atoms with Crippen LogP contribution in [0.2, 0.25) is 0 Å². The smallest absolute Gasteiger partial charge is 0.410 e. The molecule has 39 heavy (non-hydrogen) atoms. The molecule has 2 atom stereocenters. The van der Waals surface area contributed by atoms with E-state index in [1.54, 1.807) is 21.9 Å². The summed E-state index contributed by atoms with van der Waals surface area (Å²) in [5.41, 5.74) is 4.13. The Balaban J connectivity index is 1.60. The van der Waals surface area contributed by atoms with Gasteiger partial charge in [0.15, 0.2) is 5.13 Å². The quantitative estimate of drug-likeness (QED) is 0.417. The number of hydrogen-bond acceptors (Lipinski definition) is 7. The van der Waals surface area contributed by atoms with Crippen LogP contribution in [0.25, 0.3) is 21.7 Å². The highest BCUT2D eigenvalue weighted by molar-refractivity contribution is 7.19. The van der Waals surface area contributed by atoms with Crippen molar-refractivity contribution in [1.82, 2.24) is 19.8 Å². The van der Waals surface area contributed by atoms with Gasteiger partial charge in [0.05, 0.1) is 34.3 Å². The van der Waals surface area contributed by atoms with Crippen molar-refractivity contribution in [2.24, 2.45) is 0 Å². The van der Waals surface area contributed by atoms with Gasteiger partial charge in [-0.25, -0.2) is 14.6 Å². The van der Waals surface area contributed by atoms with Gasteiger partial charge in [-0.3, -0.25) is 15.2 Å². The number of urea groups is 1. The van der Waals surface area contributed by atoms with Gasteiger partial charge in [-0.05, 0) is 78.3 Å². The number of amides is 3. The molecule has 0 radical (unpaired) electrons. The average molecular weight is 547 g/mol. The van der Waals surface area contributed by atoms with Crippen molar-refractivity contribution in [3.63, 3.8) is 0 Å². The molecule has 0 aliphatic carbocycles. The number of nitriles is 1. The Labute approximate surface area is 233 Å². The van der Waals surface area contributed by atoms with Crippen LogP contribution in [0.15, 0.2) is 36.4 Å². The molecule has 1 N–H and O–H groups in total. The largest absolute Gasteiger partial charge is 0.444 e. The minimum absolute atomic E-state index is 0.215. The van der Waals surface area contributed by atoms with E-state index < -0.39 is 5.60 Å². The second kappa shape index (κ2) is 11.0. The van der Waals surface area contributed by atoms with Gasteiger partial charge in [-0.1, -0.05) is 23.5 Å². The van der Waals surface area contributed by atoms with Gasteiger partial charge in [0.2, 0.25) is 0 Å². The number of carbonyl (C=O) groups is 2. The number of benzene rings is 1. The molecule has 1 aromatic carbocycles. The molecule has 4 rings (SSSR count). The van der Waals surface area contributed by atoms with E-state index in [4.69, 9.17) is 9.72 Å². The first-order chi connectivity index (χ1) is 18.3. The summed E-state index contributed by atoms with van der Waals surface area (Å²) in [6.07, 6.45) is -0.376. The molecule has 0 bridgehead atoms. The topological polar surface area (TPSA) is 111 Å². The third-order valence-electron chi connectivity index (χ3n) is 6.26. The lowest BCUT2D eigenvalue weighted by molar-refractivity contribution is -0.00868. The van der Waals surface area contributed by atoms with Gasteiger partial charge in [0.25, 0.3) is 0 Å². The second-order valence-electron chi connectivity index (χ2n) is 10.9. The molecule has 2 aromatic heterocycles. The Kier molecular flexibility index (Phi) is 7.93. The summed E-state index contributed by atoms with van der Waals surface area (Å²) in [7, 11) is 0. The molecular weight excluding hydrogens is 512 g/mol. The fourth-order valence-electron chi connectivity index (χ4n) is 4.80.